The van der Waals surface area contributed by atoms with E-state index in [-0.39, 0.29) is 5.56 Å². The average molecular weight is 382 g/mol. The van der Waals surface area contributed by atoms with Gasteiger partial charge in [-0.15, -0.1) is 0 Å². The molecule has 0 atom stereocenters. The van der Waals surface area contributed by atoms with Gasteiger partial charge in [-0.3, -0.25) is 9.36 Å². The zero-order valence-corrected chi connectivity index (χ0v) is 16.2. The maximum Gasteiger partial charge on any atom is 0.262 e. The third-order valence-corrected chi connectivity index (χ3v) is 4.28. The zero-order valence-electron chi connectivity index (χ0n) is 16.2. The van der Waals surface area contributed by atoms with Crippen molar-refractivity contribution in [1.29, 1.82) is 0 Å². The van der Waals surface area contributed by atoms with Gasteiger partial charge in [0, 0.05) is 12.1 Å². The SMILES string of the molecule is CCn1c(N/N=C\c2ccc(OC)c(OC)c2OC)nc2ccccc2c1=O. The number of aromatic nitrogens is 2. The Balaban J connectivity index is 1.97. The molecule has 1 heterocycles. The van der Waals surface area contributed by atoms with E-state index in [0.717, 1.165) is 0 Å². The summed E-state index contributed by atoms with van der Waals surface area (Å²) in [4.78, 5) is 17.2. The number of ether oxygens (including phenoxy) is 3. The molecule has 8 nitrogen and oxygen atoms in total. The van der Waals surface area contributed by atoms with E-state index in [1.807, 2.05) is 19.1 Å². The lowest BCUT2D eigenvalue weighted by Gasteiger charge is -2.14. The Hall–Kier alpha value is -3.55. The van der Waals surface area contributed by atoms with Crippen LogP contribution in [-0.2, 0) is 6.54 Å². The topological polar surface area (TPSA) is 87.0 Å². The fourth-order valence-electron chi connectivity index (χ4n) is 2.93. The fraction of sp³-hybridized carbons (Fsp3) is 0.250. The Morgan fingerprint density at radius 2 is 1.82 bits per heavy atom. The molecule has 3 rings (SSSR count). The maximum absolute atomic E-state index is 12.6. The number of hydrazone groups is 1. The van der Waals surface area contributed by atoms with E-state index in [1.54, 1.807) is 51.8 Å². The van der Waals surface area contributed by atoms with Crippen molar-refractivity contribution in [3.8, 4) is 17.2 Å². The van der Waals surface area contributed by atoms with Crippen molar-refractivity contribution in [3.63, 3.8) is 0 Å². The predicted molar refractivity (Wildman–Crippen MR) is 109 cm³/mol. The molecular formula is C20H22N4O4. The van der Waals surface area contributed by atoms with Crippen LogP contribution in [0.25, 0.3) is 10.9 Å². The molecule has 0 spiro atoms. The molecule has 0 unspecified atom stereocenters. The third-order valence-electron chi connectivity index (χ3n) is 4.28. The fourth-order valence-corrected chi connectivity index (χ4v) is 2.93. The summed E-state index contributed by atoms with van der Waals surface area (Å²) in [5.41, 5.74) is 4.03. The van der Waals surface area contributed by atoms with Crippen molar-refractivity contribution < 1.29 is 14.2 Å². The molecule has 3 aromatic rings. The van der Waals surface area contributed by atoms with Crippen molar-refractivity contribution in [2.24, 2.45) is 5.10 Å². The van der Waals surface area contributed by atoms with Crippen LogP contribution < -0.4 is 25.2 Å². The minimum atomic E-state index is -0.116. The number of fused-ring (bicyclic) bond motifs is 1. The molecule has 1 N–H and O–H groups in total. The molecule has 0 aliphatic heterocycles. The standard InChI is InChI=1S/C20H22N4O4/c1-5-24-19(25)14-8-6-7-9-15(14)22-20(24)23-21-12-13-10-11-16(26-2)18(28-4)17(13)27-3/h6-12H,5H2,1-4H3,(H,22,23)/b21-12-. The van der Waals surface area contributed by atoms with Crippen LogP contribution in [0.2, 0.25) is 0 Å². The second-order valence-electron chi connectivity index (χ2n) is 5.80. The molecule has 1 aromatic heterocycles. The van der Waals surface area contributed by atoms with Crippen LogP contribution >= 0.6 is 0 Å². The summed E-state index contributed by atoms with van der Waals surface area (Å²) < 4.78 is 17.6. The molecule has 2 aromatic carbocycles. The number of nitrogens with zero attached hydrogens (tertiary/aromatic N) is 3. The average Bonchev–Trinajstić information content (AvgIpc) is 2.73. The number of benzene rings is 2. The molecule has 146 valence electrons. The van der Waals surface area contributed by atoms with Gasteiger partial charge in [-0.1, -0.05) is 12.1 Å². The van der Waals surface area contributed by atoms with Crippen LogP contribution in [0.5, 0.6) is 17.2 Å². The number of hydrogen-bond donors (Lipinski definition) is 1. The van der Waals surface area contributed by atoms with Gasteiger partial charge in [-0.25, -0.2) is 10.4 Å². The van der Waals surface area contributed by atoms with E-state index < -0.39 is 0 Å². The Morgan fingerprint density at radius 3 is 2.50 bits per heavy atom. The van der Waals surface area contributed by atoms with E-state index in [4.69, 9.17) is 14.2 Å². The Kier molecular flexibility index (Phi) is 5.78. The highest BCUT2D eigenvalue weighted by molar-refractivity contribution is 5.86. The predicted octanol–water partition coefficient (Wildman–Crippen LogP) is 2.89. The van der Waals surface area contributed by atoms with E-state index in [9.17, 15) is 4.79 Å². The van der Waals surface area contributed by atoms with E-state index in [1.165, 1.54) is 4.57 Å². The number of nitrogens with one attached hydrogen (secondary N) is 1. The summed E-state index contributed by atoms with van der Waals surface area (Å²) in [6.45, 7) is 2.35. The van der Waals surface area contributed by atoms with E-state index in [2.05, 4.69) is 15.5 Å². The minimum Gasteiger partial charge on any atom is -0.493 e. The summed E-state index contributed by atoms with van der Waals surface area (Å²) in [6, 6.07) is 10.8. The van der Waals surface area contributed by atoms with Gasteiger partial charge in [0.2, 0.25) is 11.7 Å². The summed E-state index contributed by atoms with van der Waals surface area (Å²) in [7, 11) is 4.64. The smallest absolute Gasteiger partial charge is 0.262 e. The molecule has 0 radical (unpaired) electrons. The Bertz CT molecular complexity index is 1080. The molecule has 0 bridgehead atoms. The number of para-hydroxylation sites is 1. The third kappa shape index (κ3) is 3.48. The normalized spacial score (nSPS) is 11.0. The van der Waals surface area contributed by atoms with Gasteiger partial charge in [0.1, 0.15) is 0 Å². The summed E-state index contributed by atoms with van der Waals surface area (Å²) in [6.07, 6.45) is 1.57. The molecule has 0 aliphatic rings. The van der Waals surface area contributed by atoms with Gasteiger partial charge >= 0.3 is 0 Å². The quantitative estimate of drug-likeness (QED) is 0.499. The molecule has 0 saturated heterocycles. The van der Waals surface area contributed by atoms with E-state index >= 15 is 0 Å². The molecular weight excluding hydrogens is 360 g/mol. The van der Waals surface area contributed by atoms with E-state index in [0.29, 0.717) is 46.2 Å². The van der Waals surface area contributed by atoms with Gasteiger partial charge < -0.3 is 14.2 Å². The van der Waals surface area contributed by atoms with Crippen LogP contribution in [0.1, 0.15) is 12.5 Å². The lowest BCUT2D eigenvalue weighted by atomic mass is 10.2. The largest absolute Gasteiger partial charge is 0.493 e. The second kappa shape index (κ2) is 8.43. The second-order valence-corrected chi connectivity index (χ2v) is 5.80. The minimum absolute atomic E-state index is 0.116. The van der Waals surface area contributed by atoms with Crippen LogP contribution in [0, 0.1) is 0 Å². The molecule has 0 fully saturated rings. The Morgan fingerprint density at radius 1 is 1.07 bits per heavy atom. The van der Waals surface area contributed by atoms with Crippen molar-refractivity contribution in [3.05, 3.63) is 52.3 Å². The number of rotatable bonds is 7. The summed E-state index contributed by atoms with van der Waals surface area (Å²) >= 11 is 0. The maximum atomic E-state index is 12.6. The molecule has 0 saturated carbocycles. The lowest BCUT2D eigenvalue weighted by Crippen LogP contribution is -2.23. The number of hydrogen-bond acceptors (Lipinski definition) is 7. The first-order valence-electron chi connectivity index (χ1n) is 8.72. The van der Waals surface area contributed by atoms with Crippen molar-refractivity contribution in [2.45, 2.75) is 13.5 Å². The first-order chi connectivity index (χ1) is 13.6. The van der Waals surface area contributed by atoms with Crippen molar-refractivity contribution >= 4 is 23.1 Å². The summed E-state index contributed by atoms with van der Waals surface area (Å²) in [5, 5.41) is 4.80. The summed E-state index contributed by atoms with van der Waals surface area (Å²) in [5.74, 6) is 1.89. The van der Waals surface area contributed by atoms with Gasteiger partial charge in [0.25, 0.3) is 5.56 Å². The highest BCUT2D eigenvalue weighted by Gasteiger charge is 2.15. The first kappa shape index (κ1) is 19.2. The van der Waals surface area contributed by atoms with Gasteiger partial charge in [-0.2, -0.15) is 5.10 Å². The highest BCUT2D eigenvalue weighted by Crippen LogP contribution is 2.38. The van der Waals surface area contributed by atoms with Crippen molar-refractivity contribution in [2.75, 3.05) is 26.8 Å². The van der Waals surface area contributed by atoms with Gasteiger partial charge in [0.05, 0.1) is 38.4 Å². The number of anilines is 1. The van der Waals surface area contributed by atoms with Gasteiger partial charge in [-0.05, 0) is 31.2 Å². The number of methoxy groups -OCH3 is 3. The lowest BCUT2D eigenvalue weighted by molar-refractivity contribution is 0.324. The van der Waals surface area contributed by atoms with Crippen LogP contribution in [0.3, 0.4) is 0 Å². The van der Waals surface area contributed by atoms with Crippen LogP contribution in [0.4, 0.5) is 5.95 Å². The molecule has 0 aliphatic carbocycles. The zero-order chi connectivity index (χ0) is 20.1. The first-order valence-corrected chi connectivity index (χ1v) is 8.72. The van der Waals surface area contributed by atoms with Crippen LogP contribution in [0.15, 0.2) is 46.3 Å². The van der Waals surface area contributed by atoms with Gasteiger partial charge in [0.15, 0.2) is 11.5 Å². The molecule has 0 amide bonds. The van der Waals surface area contributed by atoms with Crippen molar-refractivity contribution in [1.82, 2.24) is 9.55 Å². The van der Waals surface area contributed by atoms with Crippen LogP contribution in [-0.4, -0.2) is 37.1 Å². The Labute approximate surface area is 162 Å². The molecule has 28 heavy (non-hydrogen) atoms. The monoisotopic (exact) mass is 382 g/mol. The molecule has 8 heteroatoms. The highest BCUT2D eigenvalue weighted by atomic mass is 16.5.